The van der Waals surface area contributed by atoms with E-state index in [9.17, 15) is 0 Å². The lowest BCUT2D eigenvalue weighted by Crippen LogP contribution is -2.45. The average Bonchev–Trinajstić information content (AvgIpc) is 2.47. The van der Waals surface area contributed by atoms with Crippen LogP contribution in [0.1, 0.15) is 19.4 Å². The van der Waals surface area contributed by atoms with Gasteiger partial charge in [-0.3, -0.25) is 0 Å². The van der Waals surface area contributed by atoms with Crippen LogP contribution in [0.25, 0.3) is 11.1 Å². The summed E-state index contributed by atoms with van der Waals surface area (Å²) >= 11 is 0. The van der Waals surface area contributed by atoms with Crippen LogP contribution in [0.4, 0.5) is 0 Å². The van der Waals surface area contributed by atoms with Crippen LogP contribution < -0.4 is 11.1 Å². The van der Waals surface area contributed by atoms with Crippen molar-refractivity contribution in [2.45, 2.75) is 25.9 Å². The van der Waals surface area contributed by atoms with Gasteiger partial charge in [0, 0.05) is 18.6 Å². The van der Waals surface area contributed by atoms with E-state index in [0.29, 0.717) is 6.54 Å². The Morgan fingerprint density at radius 3 is 2.05 bits per heavy atom. The first-order chi connectivity index (χ1) is 9.11. The highest BCUT2D eigenvalue weighted by molar-refractivity contribution is 5.63. The molecule has 2 rings (SSSR count). The summed E-state index contributed by atoms with van der Waals surface area (Å²) < 4.78 is 0. The fourth-order valence-corrected chi connectivity index (χ4v) is 1.86. The van der Waals surface area contributed by atoms with E-state index >= 15 is 0 Å². The number of nitrogens with one attached hydrogen (secondary N) is 1. The first-order valence-corrected chi connectivity index (χ1v) is 6.70. The second kappa shape index (κ2) is 6.00. The van der Waals surface area contributed by atoms with E-state index in [1.807, 2.05) is 6.07 Å². The van der Waals surface area contributed by atoms with Crippen molar-refractivity contribution < 1.29 is 0 Å². The van der Waals surface area contributed by atoms with Gasteiger partial charge < -0.3 is 11.1 Å². The van der Waals surface area contributed by atoms with Crippen LogP contribution >= 0.6 is 0 Å². The monoisotopic (exact) mass is 254 g/mol. The van der Waals surface area contributed by atoms with E-state index in [0.717, 1.165) is 6.54 Å². The van der Waals surface area contributed by atoms with E-state index < -0.39 is 0 Å². The second-order valence-electron chi connectivity index (χ2n) is 5.50. The lowest BCUT2D eigenvalue weighted by Gasteiger charge is -2.24. The molecule has 2 nitrogen and oxygen atoms in total. The van der Waals surface area contributed by atoms with Crippen LogP contribution in [-0.4, -0.2) is 12.1 Å². The predicted molar refractivity (Wildman–Crippen MR) is 81.9 cm³/mol. The average molecular weight is 254 g/mol. The van der Waals surface area contributed by atoms with E-state index in [2.05, 4.69) is 67.7 Å². The summed E-state index contributed by atoms with van der Waals surface area (Å²) in [5, 5.41) is 3.46. The fraction of sp³-hybridized carbons (Fsp3) is 0.294. The predicted octanol–water partition coefficient (Wildman–Crippen LogP) is 3.18. The highest BCUT2D eigenvalue weighted by Crippen LogP contribution is 2.19. The Balaban J connectivity index is 2.03. The molecule has 0 aliphatic carbocycles. The fourth-order valence-electron chi connectivity index (χ4n) is 1.86. The van der Waals surface area contributed by atoms with Gasteiger partial charge in [0.05, 0.1) is 0 Å². The maximum absolute atomic E-state index is 5.71. The van der Waals surface area contributed by atoms with Crippen LogP contribution in [0.5, 0.6) is 0 Å². The molecule has 2 heteroatoms. The third kappa shape index (κ3) is 3.91. The van der Waals surface area contributed by atoms with Crippen LogP contribution in [-0.2, 0) is 6.54 Å². The van der Waals surface area contributed by atoms with Gasteiger partial charge in [-0.1, -0.05) is 54.6 Å². The van der Waals surface area contributed by atoms with Crippen molar-refractivity contribution in [3.05, 3.63) is 60.2 Å². The molecule has 19 heavy (non-hydrogen) atoms. The molecule has 0 bridgehead atoms. The molecule has 0 saturated carbocycles. The summed E-state index contributed by atoms with van der Waals surface area (Å²) in [5.41, 5.74) is 9.48. The minimum absolute atomic E-state index is 0.0158. The normalized spacial score (nSPS) is 11.5. The number of benzene rings is 2. The summed E-state index contributed by atoms with van der Waals surface area (Å²) in [6, 6.07) is 19.1. The van der Waals surface area contributed by atoms with Crippen LogP contribution in [0.15, 0.2) is 54.6 Å². The summed E-state index contributed by atoms with van der Waals surface area (Å²) in [7, 11) is 0. The molecule has 0 amide bonds. The van der Waals surface area contributed by atoms with E-state index in [4.69, 9.17) is 5.73 Å². The third-order valence-corrected chi connectivity index (χ3v) is 3.34. The Labute approximate surface area is 115 Å². The molecular weight excluding hydrogens is 232 g/mol. The highest BCUT2D eigenvalue weighted by atomic mass is 15.0. The Morgan fingerprint density at radius 1 is 0.895 bits per heavy atom. The Kier molecular flexibility index (Phi) is 4.35. The molecule has 0 unspecified atom stereocenters. The summed E-state index contributed by atoms with van der Waals surface area (Å²) in [6.45, 7) is 5.71. The van der Waals surface area contributed by atoms with E-state index in [1.54, 1.807) is 0 Å². The first kappa shape index (κ1) is 13.8. The van der Waals surface area contributed by atoms with Gasteiger partial charge in [-0.05, 0) is 30.5 Å². The van der Waals surface area contributed by atoms with Crippen LogP contribution in [0, 0.1) is 0 Å². The van der Waals surface area contributed by atoms with Gasteiger partial charge in [0.1, 0.15) is 0 Å². The molecule has 0 aromatic heterocycles. The minimum Gasteiger partial charge on any atom is -0.329 e. The van der Waals surface area contributed by atoms with Gasteiger partial charge in [0.2, 0.25) is 0 Å². The molecule has 0 spiro atoms. The lowest BCUT2D eigenvalue weighted by molar-refractivity contribution is 0.397. The summed E-state index contributed by atoms with van der Waals surface area (Å²) in [5.74, 6) is 0. The zero-order valence-corrected chi connectivity index (χ0v) is 11.7. The Morgan fingerprint density at radius 2 is 1.47 bits per heavy atom. The molecule has 100 valence electrons. The second-order valence-corrected chi connectivity index (χ2v) is 5.50. The molecule has 0 radical (unpaired) electrons. The van der Waals surface area contributed by atoms with Crippen molar-refractivity contribution in [2.24, 2.45) is 5.73 Å². The molecule has 2 aromatic rings. The Bertz CT molecular complexity index is 501. The van der Waals surface area contributed by atoms with Crippen LogP contribution in [0.2, 0.25) is 0 Å². The number of nitrogens with two attached hydrogens (primary N) is 1. The highest BCUT2D eigenvalue weighted by Gasteiger charge is 2.13. The molecular formula is C17H22N2. The largest absolute Gasteiger partial charge is 0.329 e. The maximum atomic E-state index is 5.71. The van der Waals surface area contributed by atoms with Crippen molar-refractivity contribution in [3.63, 3.8) is 0 Å². The van der Waals surface area contributed by atoms with Crippen molar-refractivity contribution in [1.29, 1.82) is 0 Å². The SMILES string of the molecule is CC(C)(CN)NCc1ccc(-c2ccccc2)cc1. The quantitative estimate of drug-likeness (QED) is 0.860. The van der Waals surface area contributed by atoms with Crippen molar-refractivity contribution in [2.75, 3.05) is 6.54 Å². The zero-order valence-electron chi connectivity index (χ0n) is 11.7. The van der Waals surface area contributed by atoms with Gasteiger partial charge in [0.25, 0.3) is 0 Å². The molecule has 0 fully saturated rings. The van der Waals surface area contributed by atoms with Gasteiger partial charge in [-0.2, -0.15) is 0 Å². The number of hydrogen-bond acceptors (Lipinski definition) is 2. The third-order valence-electron chi connectivity index (χ3n) is 3.34. The lowest BCUT2D eigenvalue weighted by atomic mass is 10.0. The number of rotatable bonds is 5. The summed E-state index contributed by atoms with van der Waals surface area (Å²) in [6.07, 6.45) is 0. The topological polar surface area (TPSA) is 38.0 Å². The van der Waals surface area contributed by atoms with Crippen LogP contribution in [0.3, 0.4) is 0 Å². The molecule has 2 aromatic carbocycles. The Hall–Kier alpha value is -1.64. The standard InChI is InChI=1S/C17H22N2/c1-17(2,13-18)19-12-14-8-10-16(11-9-14)15-6-4-3-5-7-15/h3-11,19H,12-13,18H2,1-2H3. The van der Waals surface area contributed by atoms with Gasteiger partial charge in [-0.15, -0.1) is 0 Å². The molecule has 0 atom stereocenters. The van der Waals surface area contributed by atoms with Crippen molar-refractivity contribution in [1.82, 2.24) is 5.32 Å². The molecule has 0 aliphatic heterocycles. The molecule has 3 N–H and O–H groups in total. The number of hydrogen-bond donors (Lipinski definition) is 2. The summed E-state index contributed by atoms with van der Waals surface area (Å²) in [4.78, 5) is 0. The van der Waals surface area contributed by atoms with Gasteiger partial charge in [-0.25, -0.2) is 0 Å². The molecule has 0 aliphatic rings. The van der Waals surface area contributed by atoms with Gasteiger partial charge >= 0.3 is 0 Å². The first-order valence-electron chi connectivity index (χ1n) is 6.70. The van der Waals surface area contributed by atoms with Crippen molar-refractivity contribution in [3.8, 4) is 11.1 Å². The molecule has 0 saturated heterocycles. The minimum atomic E-state index is -0.0158. The van der Waals surface area contributed by atoms with E-state index in [-0.39, 0.29) is 5.54 Å². The molecule has 0 heterocycles. The zero-order chi connectivity index (χ0) is 13.7. The smallest absolute Gasteiger partial charge is 0.0250 e. The van der Waals surface area contributed by atoms with Gasteiger partial charge in [0.15, 0.2) is 0 Å². The van der Waals surface area contributed by atoms with Crippen molar-refractivity contribution >= 4 is 0 Å². The maximum Gasteiger partial charge on any atom is 0.0250 e. The van der Waals surface area contributed by atoms with E-state index in [1.165, 1.54) is 16.7 Å².